The normalized spacial score (nSPS) is 11.3. The van der Waals surface area contributed by atoms with Gasteiger partial charge in [0.25, 0.3) is 0 Å². The Labute approximate surface area is 118 Å². The molecule has 4 heteroatoms. The van der Waals surface area contributed by atoms with Crippen molar-refractivity contribution in [2.75, 3.05) is 0 Å². The molecule has 0 amide bonds. The van der Waals surface area contributed by atoms with Crippen molar-refractivity contribution in [1.82, 2.24) is 14.3 Å². The van der Waals surface area contributed by atoms with Crippen LogP contribution in [0, 0.1) is 0 Å². The number of aromatic nitrogens is 3. The SMILES string of the molecule is CCc1cc(Cn2ccc3cc(CO)ccc32)n(C)n1. The zero-order chi connectivity index (χ0) is 14.1. The van der Waals surface area contributed by atoms with Crippen LogP contribution in [0.25, 0.3) is 10.9 Å². The van der Waals surface area contributed by atoms with Crippen LogP contribution in [0.1, 0.15) is 23.9 Å². The van der Waals surface area contributed by atoms with Crippen LogP contribution in [0.15, 0.2) is 36.5 Å². The molecule has 3 aromatic rings. The minimum atomic E-state index is 0.0860. The van der Waals surface area contributed by atoms with Crippen LogP contribution in [0.5, 0.6) is 0 Å². The molecular formula is C16H19N3O. The van der Waals surface area contributed by atoms with Crippen LogP contribution in [0.2, 0.25) is 0 Å². The third-order valence-electron chi connectivity index (χ3n) is 3.74. The molecule has 0 radical (unpaired) electrons. The second kappa shape index (κ2) is 5.13. The molecule has 104 valence electrons. The molecule has 0 saturated heterocycles. The molecule has 0 unspecified atom stereocenters. The van der Waals surface area contributed by atoms with Crippen LogP contribution >= 0.6 is 0 Å². The molecule has 0 bridgehead atoms. The Morgan fingerprint density at radius 1 is 1.20 bits per heavy atom. The van der Waals surface area contributed by atoms with Gasteiger partial charge in [-0.1, -0.05) is 13.0 Å². The quantitative estimate of drug-likeness (QED) is 0.790. The van der Waals surface area contributed by atoms with Crippen molar-refractivity contribution in [2.45, 2.75) is 26.5 Å². The van der Waals surface area contributed by atoms with Crippen molar-refractivity contribution in [3.05, 3.63) is 53.5 Å². The van der Waals surface area contributed by atoms with Gasteiger partial charge < -0.3 is 9.67 Å². The lowest BCUT2D eigenvalue weighted by Crippen LogP contribution is -2.04. The van der Waals surface area contributed by atoms with Gasteiger partial charge in [0.15, 0.2) is 0 Å². The van der Waals surface area contributed by atoms with Crippen LogP contribution < -0.4 is 0 Å². The topological polar surface area (TPSA) is 43.0 Å². The fraction of sp³-hybridized carbons (Fsp3) is 0.312. The third-order valence-corrected chi connectivity index (χ3v) is 3.74. The molecule has 0 aliphatic heterocycles. The molecule has 0 atom stereocenters. The highest BCUT2D eigenvalue weighted by molar-refractivity contribution is 5.80. The zero-order valence-corrected chi connectivity index (χ0v) is 11.9. The summed E-state index contributed by atoms with van der Waals surface area (Å²) in [6.07, 6.45) is 3.05. The van der Waals surface area contributed by atoms with E-state index in [0.717, 1.165) is 29.6 Å². The predicted molar refractivity (Wildman–Crippen MR) is 79.5 cm³/mol. The predicted octanol–water partition coefficient (Wildman–Crippen LogP) is 2.48. The summed E-state index contributed by atoms with van der Waals surface area (Å²) in [5, 5.41) is 14.8. The molecular weight excluding hydrogens is 250 g/mol. The lowest BCUT2D eigenvalue weighted by atomic mass is 10.2. The fourth-order valence-corrected chi connectivity index (χ4v) is 2.55. The van der Waals surface area contributed by atoms with E-state index in [1.807, 2.05) is 23.9 Å². The minimum Gasteiger partial charge on any atom is -0.392 e. The molecule has 0 saturated carbocycles. The Bertz CT molecular complexity index is 739. The lowest BCUT2D eigenvalue weighted by molar-refractivity contribution is 0.282. The van der Waals surface area contributed by atoms with E-state index in [2.05, 4.69) is 41.0 Å². The third kappa shape index (κ3) is 2.23. The Morgan fingerprint density at radius 3 is 2.75 bits per heavy atom. The van der Waals surface area contributed by atoms with Crippen LogP contribution in [-0.4, -0.2) is 19.5 Å². The first-order chi connectivity index (χ1) is 9.71. The van der Waals surface area contributed by atoms with Gasteiger partial charge in [0.1, 0.15) is 0 Å². The summed E-state index contributed by atoms with van der Waals surface area (Å²) in [5.74, 6) is 0. The number of rotatable bonds is 4. The van der Waals surface area contributed by atoms with Crippen molar-refractivity contribution in [3.8, 4) is 0 Å². The number of hydrogen-bond donors (Lipinski definition) is 1. The standard InChI is InChI=1S/C16H19N3O/c1-3-14-9-15(18(2)17-14)10-19-7-6-13-8-12(11-20)4-5-16(13)19/h4-9,20H,3,10-11H2,1-2H3. The number of aliphatic hydroxyl groups excluding tert-OH is 1. The minimum absolute atomic E-state index is 0.0860. The molecule has 0 fully saturated rings. The molecule has 3 rings (SSSR count). The van der Waals surface area contributed by atoms with E-state index in [0.29, 0.717) is 0 Å². The lowest BCUT2D eigenvalue weighted by Gasteiger charge is -2.06. The molecule has 20 heavy (non-hydrogen) atoms. The summed E-state index contributed by atoms with van der Waals surface area (Å²) in [6.45, 7) is 3.02. The fourth-order valence-electron chi connectivity index (χ4n) is 2.55. The van der Waals surface area contributed by atoms with E-state index in [1.165, 1.54) is 11.2 Å². The van der Waals surface area contributed by atoms with E-state index in [9.17, 15) is 5.11 Å². The molecule has 0 spiro atoms. The maximum atomic E-state index is 9.19. The molecule has 1 N–H and O–H groups in total. The summed E-state index contributed by atoms with van der Waals surface area (Å²) in [7, 11) is 1.99. The Hall–Kier alpha value is -2.07. The average molecular weight is 269 g/mol. The molecule has 0 aliphatic carbocycles. The van der Waals surface area contributed by atoms with Crippen LogP contribution in [-0.2, 0) is 26.6 Å². The van der Waals surface area contributed by atoms with Crippen molar-refractivity contribution in [2.24, 2.45) is 7.05 Å². The average Bonchev–Trinajstić information content (AvgIpc) is 3.03. The van der Waals surface area contributed by atoms with Gasteiger partial charge >= 0.3 is 0 Å². The molecule has 2 heterocycles. The maximum absolute atomic E-state index is 9.19. The largest absolute Gasteiger partial charge is 0.392 e. The number of benzene rings is 1. The first kappa shape index (κ1) is 12.9. The monoisotopic (exact) mass is 269 g/mol. The Morgan fingerprint density at radius 2 is 2.05 bits per heavy atom. The highest BCUT2D eigenvalue weighted by Gasteiger charge is 2.07. The number of aryl methyl sites for hydroxylation is 2. The van der Waals surface area contributed by atoms with Crippen LogP contribution in [0.3, 0.4) is 0 Å². The molecule has 1 aromatic carbocycles. The van der Waals surface area contributed by atoms with Gasteiger partial charge in [-0.05, 0) is 41.6 Å². The maximum Gasteiger partial charge on any atom is 0.0682 e. The van der Waals surface area contributed by atoms with Gasteiger partial charge in [-0.15, -0.1) is 0 Å². The van der Waals surface area contributed by atoms with Gasteiger partial charge in [0.05, 0.1) is 24.5 Å². The smallest absolute Gasteiger partial charge is 0.0682 e. The molecule has 2 aromatic heterocycles. The summed E-state index contributed by atoms with van der Waals surface area (Å²) >= 11 is 0. The number of fused-ring (bicyclic) bond motifs is 1. The van der Waals surface area contributed by atoms with E-state index in [1.54, 1.807) is 0 Å². The van der Waals surface area contributed by atoms with Gasteiger partial charge in [0, 0.05) is 18.8 Å². The van der Waals surface area contributed by atoms with Crippen molar-refractivity contribution < 1.29 is 5.11 Å². The second-order valence-electron chi connectivity index (χ2n) is 5.10. The van der Waals surface area contributed by atoms with Crippen molar-refractivity contribution in [3.63, 3.8) is 0 Å². The summed E-state index contributed by atoms with van der Waals surface area (Å²) < 4.78 is 4.17. The molecule has 4 nitrogen and oxygen atoms in total. The van der Waals surface area contributed by atoms with Crippen molar-refractivity contribution in [1.29, 1.82) is 0 Å². The summed E-state index contributed by atoms with van der Waals surface area (Å²) in [5.41, 5.74) is 4.46. The van der Waals surface area contributed by atoms with E-state index >= 15 is 0 Å². The van der Waals surface area contributed by atoms with Crippen LogP contribution in [0.4, 0.5) is 0 Å². The number of aliphatic hydroxyl groups is 1. The first-order valence-corrected chi connectivity index (χ1v) is 6.91. The van der Waals surface area contributed by atoms with Gasteiger partial charge in [-0.25, -0.2) is 0 Å². The zero-order valence-electron chi connectivity index (χ0n) is 11.9. The first-order valence-electron chi connectivity index (χ1n) is 6.91. The van der Waals surface area contributed by atoms with Gasteiger partial charge in [-0.2, -0.15) is 5.10 Å². The number of nitrogens with zero attached hydrogens (tertiary/aromatic N) is 3. The molecule has 0 aliphatic rings. The Balaban J connectivity index is 1.96. The van der Waals surface area contributed by atoms with Gasteiger partial charge in [0.2, 0.25) is 0 Å². The Kier molecular flexibility index (Phi) is 3.32. The van der Waals surface area contributed by atoms with Gasteiger partial charge in [-0.3, -0.25) is 4.68 Å². The van der Waals surface area contributed by atoms with Crippen molar-refractivity contribution >= 4 is 10.9 Å². The van der Waals surface area contributed by atoms with E-state index in [-0.39, 0.29) is 6.61 Å². The summed E-state index contributed by atoms with van der Waals surface area (Å²) in [6, 6.07) is 10.3. The highest BCUT2D eigenvalue weighted by atomic mass is 16.3. The second-order valence-corrected chi connectivity index (χ2v) is 5.10. The summed E-state index contributed by atoms with van der Waals surface area (Å²) in [4.78, 5) is 0. The highest BCUT2D eigenvalue weighted by Crippen LogP contribution is 2.19. The van der Waals surface area contributed by atoms with E-state index < -0.39 is 0 Å². The number of hydrogen-bond acceptors (Lipinski definition) is 2. The van der Waals surface area contributed by atoms with E-state index in [4.69, 9.17) is 0 Å².